The number of benzene rings is 3. The summed E-state index contributed by atoms with van der Waals surface area (Å²) >= 11 is 5.21. The number of hydrogen-bond donors (Lipinski definition) is 7. The fourth-order valence-corrected chi connectivity index (χ4v) is 7.94. The lowest BCUT2D eigenvalue weighted by Crippen LogP contribution is -2.37. The Hall–Kier alpha value is -5.09. The molecule has 2 aliphatic heterocycles. The Morgan fingerprint density at radius 3 is 2.43 bits per heavy atom. The molecule has 1 aromatic heterocycles. The van der Waals surface area contributed by atoms with E-state index in [9.17, 15) is 58.5 Å². The highest BCUT2D eigenvalue weighted by molar-refractivity contribution is 7.80. The topological polar surface area (TPSA) is 324 Å². The summed E-state index contributed by atoms with van der Waals surface area (Å²) in [5, 5.41) is 46.3. The van der Waals surface area contributed by atoms with E-state index < -0.39 is 70.6 Å². The number of phenols is 1. The Bertz CT molecular complexity index is 2580. The third-order valence-corrected chi connectivity index (χ3v) is 11.0. The number of carbonyl (C=O) groups is 1. The number of phosphoric ester groups is 2. The molecule has 3 heterocycles. The minimum Gasteiger partial charge on any atom is -0.756 e. The molecule has 3 aliphatic rings. The monoisotopic (exact) mass is 834 g/mol. The average Bonchev–Trinajstić information content (AvgIpc) is 3.39. The number of aromatic amines is 1. The van der Waals surface area contributed by atoms with Crippen LogP contribution in [0.1, 0.15) is 16.6 Å². The van der Waals surface area contributed by atoms with Crippen molar-refractivity contribution in [2.75, 3.05) is 25.1 Å². The van der Waals surface area contributed by atoms with Crippen molar-refractivity contribution in [3.63, 3.8) is 0 Å². The van der Waals surface area contributed by atoms with Gasteiger partial charge in [0.2, 0.25) is 0 Å². The number of carboxylic acids is 1. The zero-order chi connectivity index (χ0) is 40.5. The van der Waals surface area contributed by atoms with E-state index in [2.05, 4.69) is 24.0 Å². The molecule has 1 fully saturated rings. The first-order valence-electron chi connectivity index (χ1n) is 16.0. The Balaban J connectivity index is 1.04. The molecule has 2 aromatic carbocycles. The van der Waals surface area contributed by atoms with Crippen molar-refractivity contribution < 1.29 is 66.6 Å². The summed E-state index contributed by atoms with van der Waals surface area (Å²) in [6.45, 7) is -2.10. The van der Waals surface area contributed by atoms with Crippen molar-refractivity contribution in [1.82, 2.24) is 14.9 Å². The summed E-state index contributed by atoms with van der Waals surface area (Å²) in [6.07, 6.45) is -5.77. The number of rotatable bonds is 13. The van der Waals surface area contributed by atoms with Gasteiger partial charge in [0.15, 0.2) is 16.8 Å². The van der Waals surface area contributed by atoms with E-state index in [0.29, 0.717) is 16.5 Å². The van der Waals surface area contributed by atoms with E-state index >= 15 is 0 Å². The van der Waals surface area contributed by atoms with Crippen LogP contribution < -0.4 is 37.1 Å². The maximum Gasteiger partial charge on any atom is 0.336 e. The number of phenolic OH excluding ortho intramolecular Hbond substituents is 1. The van der Waals surface area contributed by atoms with Gasteiger partial charge in [0.05, 0.1) is 18.8 Å². The lowest BCUT2D eigenvalue weighted by molar-refractivity contribution is -0.245. The SMILES string of the molecule is O=C(O)c1cc(NC(=S)NCCOP(=O)([O-])OP(=O)([O-])OCC2OC(n3ccc(=O)[nH]c3=O)C(O)C2O)ccc1-c1c2ccc(=O)cc-2oc2cc(O)ccc12. The number of hydrogen-bond acceptors (Lipinski definition) is 17. The Labute approximate surface area is 317 Å². The van der Waals surface area contributed by atoms with E-state index in [1.54, 1.807) is 6.07 Å². The number of fused-ring (bicyclic) bond motifs is 2. The molecule has 6 atom stereocenters. The summed E-state index contributed by atoms with van der Waals surface area (Å²) in [7, 11) is -11.3. The van der Waals surface area contributed by atoms with Crippen LogP contribution in [0.25, 0.3) is 33.4 Å². The normalized spacial score (nSPS) is 20.4. The number of thiocarbonyl (C=S) groups is 1. The van der Waals surface area contributed by atoms with Gasteiger partial charge in [-0.25, -0.2) is 13.9 Å². The van der Waals surface area contributed by atoms with Crippen LogP contribution >= 0.6 is 27.9 Å². The summed E-state index contributed by atoms with van der Waals surface area (Å²) in [5.74, 6) is -1.28. The van der Waals surface area contributed by atoms with Gasteiger partial charge < -0.3 is 59.0 Å². The van der Waals surface area contributed by atoms with Gasteiger partial charge in [-0.1, -0.05) is 6.07 Å². The molecule has 1 saturated heterocycles. The van der Waals surface area contributed by atoms with Crippen LogP contribution in [0.3, 0.4) is 0 Å². The van der Waals surface area contributed by atoms with Gasteiger partial charge in [-0.05, 0) is 54.2 Å². The number of carboxylic acid groups (broad SMARTS) is 1. The summed E-state index contributed by atoms with van der Waals surface area (Å²) in [4.78, 5) is 74.2. The predicted molar refractivity (Wildman–Crippen MR) is 193 cm³/mol. The molecule has 0 spiro atoms. The maximum atomic E-state index is 12.5. The zero-order valence-electron chi connectivity index (χ0n) is 28.1. The van der Waals surface area contributed by atoms with E-state index in [1.165, 1.54) is 48.5 Å². The highest BCUT2D eigenvalue weighted by Gasteiger charge is 2.44. The fourth-order valence-electron chi connectivity index (χ4n) is 5.72. The number of aliphatic hydroxyl groups is 2. The Morgan fingerprint density at radius 1 is 0.964 bits per heavy atom. The molecular formula is C32H28N4O17P2S-2. The largest absolute Gasteiger partial charge is 0.756 e. The number of nitrogens with zero attached hydrogens (tertiary/aromatic N) is 1. The molecule has 6 rings (SSSR count). The second-order valence-electron chi connectivity index (χ2n) is 11.9. The highest BCUT2D eigenvalue weighted by atomic mass is 32.1. The van der Waals surface area contributed by atoms with Gasteiger partial charge in [-0.3, -0.25) is 28.3 Å². The molecule has 0 amide bonds. The van der Waals surface area contributed by atoms with Gasteiger partial charge in [-0.15, -0.1) is 0 Å². The molecule has 7 N–H and O–H groups in total. The zero-order valence-corrected chi connectivity index (χ0v) is 30.7. The number of ether oxygens (including phenoxy) is 1. The number of aromatic hydroxyl groups is 1. The van der Waals surface area contributed by atoms with Crippen molar-refractivity contribution in [3.05, 3.63) is 103 Å². The van der Waals surface area contributed by atoms with Crippen molar-refractivity contribution in [1.29, 1.82) is 0 Å². The number of aromatic carboxylic acids is 1. The first-order valence-corrected chi connectivity index (χ1v) is 19.3. The second kappa shape index (κ2) is 16.2. The van der Waals surface area contributed by atoms with Crippen LogP contribution in [0.5, 0.6) is 5.75 Å². The Kier molecular flexibility index (Phi) is 11.7. The van der Waals surface area contributed by atoms with Crippen LogP contribution in [0.15, 0.2) is 85.7 Å². The van der Waals surface area contributed by atoms with Gasteiger partial charge in [0.25, 0.3) is 21.2 Å². The van der Waals surface area contributed by atoms with E-state index in [1.807, 2.05) is 4.98 Å². The molecule has 3 aromatic rings. The second-order valence-corrected chi connectivity index (χ2v) is 15.3. The molecule has 296 valence electrons. The highest BCUT2D eigenvalue weighted by Crippen LogP contribution is 2.55. The van der Waals surface area contributed by atoms with Crippen LogP contribution in [0.2, 0.25) is 0 Å². The number of aromatic nitrogens is 2. The molecule has 1 aliphatic carbocycles. The van der Waals surface area contributed by atoms with Crippen molar-refractivity contribution in [3.8, 4) is 28.2 Å². The minimum atomic E-state index is -5.68. The molecule has 56 heavy (non-hydrogen) atoms. The first kappa shape index (κ1) is 40.6. The molecule has 0 saturated carbocycles. The van der Waals surface area contributed by atoms with E-state index in [4.69, 9.17) is 21.4 Å². The number of anilines is 1. The predicted octanol–water partition coefficient (Wildman–Crippen LogP) is 0.411. The van der Waals surface area contributed by atoms with Crippen molar-refractivity contribution >= 4 is 55.6 Å². The molecule has 0 bridgehead atoms. The molecule has 0 radical (unpaired) electrons. The van der Waals surface area contributed by atoms with Crippen LogP contribution in [0.4, 0.5) is 5.69 Å². The van der Waals surface area contributed by atoms with E-state index in [0.717, 1.165) is 16.8 Å². The lowest BCUT2D eigenvalue weighted by Gasteiger charge is -2.31. The minimum absolute atomic E-state index is 0.116. The summed E-state index contributed by atoms with van der Waals surface area (Å²) in [5.41, 5.74) is -0.807. The third-order valence-electron chi connectivity index (χ3n) is 8.15. The third kappa shape index (κ3) is 9.13. The molecule has 6 unspecified atom stereocenters. The van der Waals surface area contributed by atoms with Gasteiger partial charge in [0.1, 0.15) is 35.4 Å². The smallest absolute Gasteiger partial charge is 0.336 e. The fraction of sp³-hybridized carbons (Fsp3) is 0.219. The van der Waals surface area contributed by atoms with Crippen molar-refractivity contribution in [2.24, 2.45) is 0 Å². The quantitative estimate of drug-likeness (QED) is 0.0365. The number of H-pyrrole nitrogens is 1. The van der Waals surface area contributed by atoms with Crippen molar-refractivity contribution in [2.45, 2.75) is 24.5 Å². The van der Waals surface area contributed by atoms with Crippen LogP contribution in [-0.4, -0.2) is 79.1 Å². The average molecular weight is 835 g/mol. The van der Waals surface area contributed by atoms with Gasteiger partial charge in [0, 0.05) is 53.1 Å². The summed E-state index contributed by atoms with van der Waals surface area (Å²) < 4.78 is 49.4. The number of phosphoric acid groups is 2. The molecule has 24 heteroatoms. The first-order chi connectivity index (χ1) is 26.4. The number of aliphatic hydroxyl groups excluding tert-OH is 2. The van der Waals surface area contributed by atoms with Gasteiger partial charge >= 0.3 is 11.7 Å². The Morgan fingerprint density at radius 2 is 1.70 bits per heavy atom. The summed E-state index contributed by atoms with van der Waals surface area (Å²) in [6, 6.07) is 13.5. The molecular weight excluding hydrogens is 806 g/mol. The van der Waals surface area contributed by atoms with Crippen LogP contribution in [0, 0.1) is 0 Å². The standard InChI is InChI=1S/C32H30N4O17P2S/c37-16-2-5-19-22(12-16)51-23-13-17(38)3-6-20(23)26(19)18-4-1-15(11-21(18)30(42)43)34-31(56)33-8-10-49-54(45,46)53-55(47,48)50-14-24-27(40)28(41)29(52-24)36-9-7-25(39)35-32(36)44/h1-7,9,11-13,24,27-29,37,40-41H,8,10,14H2,(H,42,43)(H,45,46)(H,47,48)(H2,33,34,56)(H,35,39,44)/p-2. The molecule has 21 nitrogen and oxygen atoms in total. The van der Waals surface area contributed by atoms with E-state index in [-0.39, 0.29) is 51.0 Å². The lowest BCUT2D eigenvalue weighted by atomic mass is 9.90. The number of nitrogens with one attached hydrogen (secondary N) is 3. The van der Waals surface area contributed by atoms with Gasteiger partial charge in [-0.2, -0.15) is 0 Å². The van der Waals surface area contributed by atoms with Crippen LogP contribution in [-0.2, 0) is 27.2 Å². The maximum absolute atomic E-state index is 12.5.